The second-order valence-electron chi connectivity index (χ2n) is 10.5. The van der Waals surface area contributed by atoms with Crippen molar-refractivity contribution in [3.8, 4) is 28.7 Å². The van der Waals surface area contributed by atoms with Gasteiger partial charge in [-0.3, -0.25) is 9.59 Å². The zero-order chi connectivity index (χ0) is 26.7. The van der Waals surface area contributed by atoms with Gasteiger partial charge < -0.3 is 25.5 Å². The topological polar surface area (TPSA) is 135 Å². The number of aryl methyl sites for hydroxylation is 3. The average molecular weight is 502 g/mol. The predicted octanol–water partition coefficient (Wildman–Crippen LogP) is 5.68. The van der Waals surface area contributed by atoms with E-state index in [9.17, 15) is 35.1 Å². The van der Waals surface area contributed by atoms with Crippen molar-refractivity contribution in [2.24, 2.45) is 0 Å². The van der Waals surface area contributed by atoms with Gasteiger partial charge in [0.15, 0.2) is 10.9 Å². The molecule has 0 amide bonds. The third kappa shape index (κ3) is 1.96. The Labute approximate surface area is 212 Å². The Bertz CT molecular complexity index is 2330. The largest absolute Gasteiger partial charge is 0.507 e. The molecule has 5 N–H and O–H groups in total. The minimum Gasteiger partial charge on any atom is -0.507 e. The highest BCUT2D eigenvalue weighted by atomic mass is 16.3. The van der Waals surface area contributed by atoms with E-state index in [-0.39, 0.29) is 38.8 Å². The maximum absolute atomic E-state index is 13.4. The molecule has 0 heterocycles. The lowest BCUT2D eigenvalue weighted by Gasteiger charge is -2.26. The van der Waals surface area contributed by atoms with Gasteiger partial charge in [0.1, 0.15) is 28.7 Å². The van der Waals surface area contributed by atoms with Crippen LogP contribution < -0.4 is 10.9 Å². The van der Waals surface area contributed by atoms with Crippen molar-refractivity contribution in [2.45, 2.75) is 20.8 Å². The molecule has 0 aliphatic rings. The molecule has 7 heteroatoms. The summed E-state index contributed by atoms with van der Waals surface area (Å²) in [6, 6.07) is 5.42. The van der Waals surface area contributed by atoms with Crippen molar-refractivity contribution in [2.75, 3.05) is 0 Å². The molecule has 8 aromatic carbocycles. The molecule has 0 fully saturated rings. The molecule has 8 rings (SSSR count). The van der Waals surface area contributed by atoms with E-state index in [4.69, 9.17) is 0 Å². The molecule has 7 nitrogen and oxygen atoms in total. The van der Waals surface area contributed by atoms with Crippen molar-refractivity contribution in [1.82, 2.24) is 0 Å². The molecule has 0 saturated carbocycles. The van der Waals surface area contributed by atoms with Crippen LogP contribution in [0, 0.1) is 20.8 Å². The van der Waals surface area contributed by atoms with Crippen molar-refractivity contribution in [3.63, 3.8) is 0 Å². The second-order valence-corrected chi connectivity index (χ2v) is 10.5. The molecule has 0 aliphatic carbocycles. The lowest BCUT2D eigenvalue weighted by atomic mass is 9.77. The van der Waals surface area contributed by atoms with E-state index in [2.05, 4.69) is 0 Å². The van der Waals surface area contributed by atoms with Crippen LogP contribution >= 0.6 is 0 Å². The molecular weight excluding hydrogens is 484 g/mol. The van der Waals surface area contributed by atoms with Gasteiger partial charge in [0.05, 0.1) is 21.5 Å². The standard InChI is InChI=1S/C31H18O7/c1-8-4-11(32)20-24-16(8)17-9(2)5-12(33)21-25(17)29-27-19(14(35)7-15(36)23(27)31(21)38)18-10(3)6-13(34)22(30(20)37)26(18)28(24)29/h4-7,32,35-38H,1-3H3. The van der Waals surface area contributed by atoms with Gasteiger partial charge in [0.2, 0.25) is 0 Å². The van der Waals surface area contributed by atoms with Crippen LogP contribution in [0.25, 0.3) is 75.4 Å². The van der Waals surface area contributed by atoms with E-state index < -0.39 is 22.4 Å². The van der Waals surface area contributed by atoms with E-state index >= 15 is 0 Å². The Morgan fingerprint density at radius 3 is 1.18 bits per heavy atom. The first-order chi connectivity index (χ1) is 18.0. The molecule has 0 unspecified atom stereocenters. The Kier molecular flexibility index (Phi) is 3.38. The van der Waals surface area contributed by atoms with Gasteiger partial charge in [0.25, 0.3) is 0 Å². The lowest BCUT2D eigenvalue weighted by Crippen LogP contribution is -2.08. The fourth-order valence-electron chi connectivity index (χ4n) is 7.20. The molecule has 38 heavy (non-hydrogen) atoms. The lowest BCUT2D eigenvalue weighted by molar-refractivity contribution is 0.453. The predicted molar refractivity (Wildman–Crippen MR) is 149 cm³/mol. The van der Waals surface area contributed by atoms with Crippen LogP contribution in [0.2, 0.25) is 0 Å². The maximum atomic E-state index is 13.4. The van der Waals surface area contributed by atoms with Crippen LogP contribution in [0.4, 0.5) is 0 Å². The van der Waals surface area contributed by atoms with Crippen molar-refractivity contribution >= 4 is 75.4 Å². The van der Waals surface area contributed by atoms with Crippen LogP contribution in [0.15, 0.2) is 33.9 Å². The fourth-order valence-corrected chi connectivity index (χ4v) is 7.20. The summed E-state index contributed by atoms with van der Waals surface area (Å²) in [6.07, 6.45) is 0. The van der Waals surface area contributed by atoms with Crippen LogP contribution in [-0.2, 0) is 0 Å². The van der Waals surface area contributed by atoms with E-state index in [1.54, 1.807) is 13.8 Å². The highest BCUT2D eigenvalue weighted by molar-refractivity contribution is 6.51. The number of hydrogen-bond donors (Lipinski definition) is 5. The van der Waals surface area contributed by atoms with Gasteiger partial charge >= 0.3 is 0 Å². The third-order valence-corrected chi connectivity index (χ3v) is 8.46. The number of phenols is 5. The number of aromatic hydroxyl groups is 5. The smallest absolute Gasteiger partial charge is 0.190 e. The molecule has 184 valence electrons. The zero-order valence-corrected chi connectivity index (χ0v) is 20.4. The maximum Gasteiger partial charge on any atom is 0.190 e. The summed E-state index contributed by atoms with van der Waals surface area (Å²) >= 11 is 0. The fraction of sp³-hybridized carbons (Fsp3) is 0.0968. The van der Waals surface area contributed by atoms with Gasteiger partial charge in [-0.05, 0) is 71.8 Å². The molecular formula is C31H18O7. The first kappa shape index (κ1) is 21.1. The first-order valence-corrected chi connectivity index (χ1v) is 12.1. The van der Waals surface area contributed by atoms with Crippen molar-refractivity contribution in [3.05, 3.63) is 61.4 Å². The molecule has 0 radical (unpaired) electrons. The summed E-state index contributed by atoms with van der Waals surface area (Å²) in [5, 5.41) is 61.2. The van der Waals surface area contributed by atoms with Crippen molar-refractivity contribution < 1.29 is 25.5 Å². The van der Waals surface area contributed by atoms with Crippen molar-refractivity contribution in [1.29, 1.82) is 0 Å². The van der Waals surface area contributed by atoms with Gasteiger partial charge in [0, 0.05) is 43.8 Å². The summed E-state index contributed by atoms with van der Waals surface area (Å²) in [5.41, 5.74) is 0.952. The highest BCUT2D eigenvalue weighted by Crippen LogP contribution is 2.59. The Morgan fingerprint density at radius 2 is 0.684 bits per heavy atom. The SMILES string of the molecule is Cc1cc(O)c2c(O)c3c(=O)cc(C)c4c5c(O)cc(O)c6c(O)c7c(=O)cc(C)c8c1c2c(c34)c(c65)c78. The van der Waals surface area contributed by atoms with Crippen LogP contribution in [-0.4, -0.2) is 25.5 Å². The minimum absolute atomic E-state index is 0.0100. The Hall–Kier alpha value is -5.04. The zero-order valence-electron chi connectivity index (χ0n) is 20.4. The molecule has 0 aromatic heterocycles. The number of hydrogen-bond acceptors (Lipinski definition) is 7. The second kappa shape index (κ2) is 6.08. The normalized spacial score (nSPS) is 12.8. The number of rotatable bonds is 0. The van der Waals surface area contributed by atoms with Gasteiger partial charge in [-0.15, -0.1) is 0 Å². The van der Waals surface area contributed by atoms with E-state index in [1.807, 2.05) is 6.92 Å². The summed E-state index contributed by atoms with van der Waals surface area (Å²) in [4.78, 5) is 26.8. The van der Waals surface area contributed by atoms with Crippen LogP contribution in [0.3, 0.4) is 0 Å². The van der Waals surface area contributed by atoms with Gasteiger partial charge in [-0.25, -0.2) is 0 Å². The van der Waals surface area contributed by atoms with E-state index in [0.717, 1.165) is 6.07 Å². The van der Waals surface area contributed by atoms with Gasteiger partial charge in [-0.2, -0.15) is 0 Å². The van der Waals surface area contributed by atoms with E-state index in [0.29, 0.717) is 70.6 Å². The summed E-state index contributed by atoms with van der Waals surface area (Å²) in [5.74, 6) is -1.62. The summed E-state index contributed by atoms with van der Waals surface area (Å²) in [6.45, 7) is 5.31. The quantitative estimate of drug-likeness (QED) is 0.133. The molecule has 0 atom stereocenters. The van der Waals surface area contributed by atoms with E-state index in [1.165, 1.54) is 18.2 Å². The average Bonchev–Trinajstić information content (AvgIpc) is 2.82. The van der Waals surface area contributed by atoms with Crippen LogP contribution in [0.5, 0.6) is 28.7 Å². The summed E-state index contributed by atoms with van der Waals surface area (Å²) < 4.78 is 0. The van der Waals surface area contributed by atoms with Gasteiger partial charge in [-0.1, -0.05) is 0 Å². The molecule has 0 saturated heterocycles. The third-order valence-electron chi connectivity index (χ3n) is 8.46. The molecule has 0 spiro atoms. The highest BCUT2D eigenvalue weighted by Gasteiger charge is 2.32. The number of phenolic OH excluding ortho intramolecular Hbond substituents is 5. The number of benzene rings is 8. The molecule has 8 aromatic rings. The Morgan fingerprint density at radius 1 is 0.368 bits per heavy atom. The minimum atomic E-state index is -0.453. The Balaban J connectivity index is 2.04. The monoisotopic (exact) mass is 502 g/mol. The first-order valence-electron chi connectivity index (χ1n) is 12.1. The molecule has 0 bridgehead atoms. The van der Waals surface area contributed by atoms with Crippen LogP contribution in [0.1, 0.15) is 16.7 Å². The molecule has 0 aliphatic heterocycles. The summed E-state index contributed by atoms with van der Waals surface area (Å²) in [7, 11) is 0. The number of fused-ring (bicyclic) bond motifs is 2.